The first-order chi connectivity index (χ1) is 11.2. The summed E-state index contributed by atoms with van der Waals surface area (Å²) in [6.45, 7) is 7.01. The van der Waals surface area contributed by atoms with E-state index in [1.165, 1.54) is 4.70 Å². The molecule has 0 spiro atoms. The van der Waals surface area contributed by atoms with E-state index in [9.17, 15) is 0 Å². The van der Waals surface area contributed by atoms with Gasteiger partial charge in [0.2, 0.25) is 0 Å². The molecule has 1 aromatic heterocycles. The van der Waals surface area contributed by atoms with E-state index < -0.39 is 0 Å². The van der Waals surface area contributed by atoms with Gasteiger partial charge in [0.25, 0.3) is 0 Å². The molecule has 0 amide bonds. The van der Waals surface area contributed by atoms with Crippen LogP contribution < -0.4 is 16.0 Å². The number of hydrogen-bond acceptors (Lipinski definition) is 5. The van der Waals surface area contributed by atoms with Crippen LogP contribution in [-0.4, -0.2) is 50.3 Å². The molecule has 0 aliphatic carbocycles. The number of anilines is 1. The largest absolute Gasteiger partial charge is 0.383 e. The summed E-state index contributed by atoms with van der Waals surface area (Å²) >= 11 is 1.67. The van der Waals surface area contributed by atoms with Gasteiger partial charge in [-0.1, -0.05) is 23.5 Å². The maximum absolute atomic E-state index is 5.13. The zero-order chi connectivity index (χ0) is 16.5. The highest BCUT2D eigenvalue weighted by Gasteiger charge is 2.04. The number of nitrogens with one attached hydrogen (secondary N) is 3. The van der Waals surface area contributed by atoms with Crippen LogP contribution in [0.15, 0.2) is 29.3 Å². The van der Waals surface area contributed by atoms with Crippen molar-refractivity contribution in [2.45, 2.75) is 19.9 Å². The number of benzene rings is 1. The molecule has 3 N–H and O–H groups in total. The minimum atomic E-state index is 0. The summed E-state index contributed by atoms with van der Waals surface area (Å²) in [5.74, 6) is 0.808. The van der Waals surface area contributed by atoms with Gasteiger partial charge in [-0.05, 0) is 26.0 Å². The van der Waals surface area contributed by atoms with Crippen LogP contribution >= 0.6 is 35.3 Å². The molecule has 24 heavy (non-hydrogen) atoms. The van der Waals surface area contributed by atoms with Gasteiger partial charge >= 0.3 is 0 Å². The lowest BCUT2D eigenvalue weighted by Crippen LogP contribution is -2.44. The number of halogens is 1. The number of fused-ring (bicyclic) bond motifs is 1. The number of aromatic nitrogens is 1. The Kier molecular flexibility index (Phi) is 9.96. The molecule has 0 aliphatic heterocycles. The third-order valence-corrected chi connectivity index (χ3v) is 4.09. The van der Waals surface area contributed by atoms with Crippen molar-refractivity contribution in [3.63, 3.8) is 0 Å². The first-order valence-electron chi connectivity index (χ1n) is 7.86. The van der Waals surface area contributed by atoms with Crippen molar-refractivity contribution in [2.75, 3.05) is 38.7 Å². The molecule has 134 valence electrons. The van der Waals surface area contributed by atoms with Crippen molar-refractivity contribution in [2.24, 2.45) is 4.99 Å². The van der Waals surface area contributed by atoms with E-state index in [1.807, 2.05) is 18.2 Å². The fourth-order valence-electron chi connectivity index (χ4n) is 2.12. The maximum Gasteiger partial charge on any atom is 0.191 e. The number of para-hydroxylation sites is 1. The zero-order valence-electron chi connectivity index (χ0n) is 14.3. The molecule has 2 rings (SSSR count). The summed E-state index contributed by atoms with van der Waals surface area (Å²) < 4.78 is 6.33. The molecule has 0 saturated heterocycles. The summed E-state index contributed by atoms with van der Waals surface area (Å²) in [5, 5.41) is 10.8. The number of rotatable bonds is 8. The van der Waals surface area contributed by atoms with Gasteiger partial charge in [-0.2, -0.15) is 0 Å². The molecule has 1 aromatic carbocycles. The fraction of sp³-hybridized carbons (Fsp3) is 0.500. The van der Waals surface area contributed by atoms with Gasteiger partial charge < -0.3 is 20.7 Å². The fourth-order valence-corrected chi connectivity index (χ4v) is 3.01. The molecule has 1 heterocycles. The number of thiazole rings is 1. The van der Waals surface area contributed by atoms with Crippen molar-refractivity contribution < 1.29 is 4.74 Å². The normalized spacial score (nSPS) is 12.5. The third-order valence-electron chi connectivity index (χ3n) is 3.10. The lowest BCUT2D eigenvalue weighted by atomic mass is 10.3. The highest BCUT2D eigenvalue weighted by molar-refractivity contribution is 14.0. The second-order valence-corrected chi connectivity index (χ2v) is 6.21. The molecule has 0 saturated carbocycles. The average molecular weight is 463 g/mol. The van der Waals surface area contributed by atoms with Crippen LogP contribution in [0.1, 0.15) is 13.8 Å². The minimum absolute atomic E-state index is 0. The monoisotopic (exact) mass is 463 g/mol. The summed E-state index contributed by atoms with van der Waals surface area (Å²) in [6.07, 6.45) is 0. The second-order valence-electron chi connectivity index (χ2n) is 5.17. The summed E-state index contributed by atoms with van der Waals surface area (Å²) in [7, 11) is 1.70. The van der Waals surface area contributed by atoms with Crippen LogP contribution in [-0.2, 0) is 4.74 Å². The Hall–Kier alpha value is -1.13. The first kappa shape index (κ1) is 20.9. The number of hydrogen-bond donors (Lipinski definition) is 3. The Morgan fingerprint density at radius 2 is 2.17 bits per heavy atom. The number of aliphatic imine (C=N–C) groups is 1. The van der Waals surface area contributed by atoms with E-state index in [4.69, 9.17) is 4.74 Å². The van der Waals surface area contributed by atoms with E-state index >= 15 is 0 Å². The molecular weight excluding hydrogens is 437 g/mol. The van der Waals surface area contributed by atoms with E-state index in [-0.39, 0.29) is 30.0 Å². The number of methoxy groups -OCH3 is 1. The third kappa shape index (κ3) is 6.78. The minimum Gasteiger partial charge on any atom is -0.383 e. The van der Waals surface area contributed by atoms with Crippen LogP contribution in [0.2, 0.25) is 0 Å². The number of nitrogens with zero attached hydrogens (tertiary/aromatic N) is 2. The summed E-state index contributed by atoms with van der Waals surface area (Å²) in [6, 6.07) is 8.37. The lowest BCUT2D eigenvalue weighted by molar-refractivity contribution is 0.179. The quantitative estimate of drug-likeness (QED) is 0.243. The van der Waals surface area contributed by atoms with Crippen LogP contribution in [0.25, 0.3) is 10.2 Å². The van der Waals surface area contributed by atoms with E-state index in [2.05, 4.69) is 45.8 Å². The molecule has 0 aliphatic rings. The maximum atomic E-state index is 5.13. The predicted octanol–water partition coefficient (Wildman–Crippen LogP) is 2.92. The Morgan fingerprint density at radius 3 is 2.88 bits per heavy atom. The van der Waals surface area contributed by atoms with Crippen molar-refractivity contribution >= 4 is 56.6 Å². The van der Waals surface area contributed by atoms with Crippen LogP contribution in [0.5, 0.6) is 0 Å². The van der Waals surface area contributed by atoms with E-state index in [0.29, 0.717) is 13.2 Å². The molecule has 1 atom stereocenters. The lowest BCUT2D eigenvalue weighted by Gasteiger charge is -2.16. The van der Waals surface area contributed by atoms with Crippen molar-refractivity contribution in [1.29, 1.82) is 0 Å². The van der Waals surface area contributed by atoms with Gasteiger partial charge in [-0.15, -0.1) is 24.0 Å². The van der Waals surface area contributed by atoms with Crippen LogP contribution in [0, 0.1) is 0 Å². The molecule has 0 fully saturated rings. The molecule has 1 unspecified atom stereocenters. The zero-order valence-corrected chi connectivity index (χ0v) is 17.5. The van der Waals surface area contributed by atoms with Crippen LogP contribution in [0.3, 0.4) is 0 Å². The Morgan fingerprint density at radius 1 is 1.38 bits per heavy atom. The highest BCUT2D eigenvalue weighted by atomic mass is 127. The molecular formula is C16H26IN5OS. The average Bonchev–Trinajstić information content (AvgIpc) is 2.94. The standard InChI is InChI=1S/C16H25N5OS.HI/c1-4-17-15(20-12(2)11-22-3)18-9-10-19-16-21-13-7-5-6-8-14(13)23-16;/h5-8,12H,4,9-11H2,1-3H3,(H,19,21)(H2,17,18,20);1H. The summed E-state index contributed by atoms with van der Waals surface area (Å²) in [4.78, 5) is 9.11. The molecule has 2 aromatic rings. The van der Waals surface area contributed by atoms with E-state index in [1.54, 1.807) is 18.4 Å². The van der Waals surface area contributed by atoms with Gasteiger partial charge in [0, 0.05) is 26.2 Å². The highest BCUT2D eigenvalue weighted by Crippen LogP contribution is 2.24. The molecule has 0 radical (unpaired) electrons. The molecule has 0 bridgehead atoms. The van der Waals surface area contributed by atoms with Crippen molar-refractivity contribution in [1.82, 2.24) is 15.6 Å². The second kappa shape index (κ2) is 11.4. The van der Waals surface area contributed by atoms with Gasteiger partial charge in [0.05, 0.1) is 23.4 Å². The first-order valence-corrected chi connectivity index (χ1v) is 8.67. The summed E-state index contributed by atoms with van der Waals surface area (Å²) in [5.41, 5.74) is 1.03. The number of ether oxygens (including phenoxy) is 1. The Balaban J connectivity index is 0.00000288. The van der Waals surface area contributed by atoms with Crippen LogP contribution in [0.4, 0.5) is 5.13 Å². The van der Waals surface area contributed by atoms with E-state index in [0.717, 1.165) is 29.7 Å². The smallest absolute Gasteiger partial charge is 0.191 e. The van der Waals surface area contributed by atoms with Gasteiger partial charge in [0.15, 0.2) is 11.1 Å². The molecule has 8 heteroatoms. The SMILES string of the molecule is CCNC(=NCCNc1nc2ccccc2s1)NC(C)COC.I. The van der Waals surface area contributed by atoms with Gasteiger partial charge in [-0.25, -0.2) is 4.98 Å². The van der Waals surface area contributed by atoms with Gasteiger partial charge in [-0.3, -0.25) is 4.99 Å². The predicted molar refractivity (Wildman–Crippen MR) is 114 cm³/mol. The Bertz CT molecular complexity index is 601. The topological polar surface area (TPSA) is 70.6 Å². The van der Waals surface area contributed by atoms with Gasteiger partial charge in [0.1, 0.15) is 0 Å². The molecule has 6 nitrogen and oxygen atoms in total. The van der Waals surface area contributed by atoms with Crippen molar-refractivity contribution in [3.8, 4) is 0 Å². The number of guanidine groups is 1. The Labute approximate surface area is 164 Å². The van der Waals surface area contributed by atoms with Crippen molar-refractivity contribution in [3.05, 3.63) is 24.3 Å².